The lowest BCUT2D eigenvalue weighted by Gasteiger charge is -2.27. The maximum atomic E-state index is 15.4. The molecular weight excluding hydrogens is 594 g/mol. The van der Waals surface area contributed by atoms with E-state index in [0.29, 0.717) is 16.8 Å². The third-order valence-corrected chi connectivity index (χ3v) is 9.55. The first kappa shape index (κ1) is 29.1. The van der Waals surface area contributed by atoms with Gasteiger partial charge in [-0.3, -0.25) is 4.55 Å². The largest absolute Gasteiger partial charge is 0.421 e. The Morgan fingerprint density at radius 2 is 1.83 bits per heavy atom. The van der Waals surface area contributed by atoms with E-state index >= 15 is 4.39 Å². The molecule has 0 aliphatic rings. The van der Waals surface area contributed by atoms with Crippen molar-refractivity contribution >= 4 is 42.7 Å². The highest BCUT2D eigenvalue weighted by Crippen LogP contribution is 2.47. The molecule has 2 atom stereocenters. The van der Waals surface area contributed by atoms with Crippen LogP contribution < -0.4 is 10.3 Å². The molecule has 5 aromatic rings. The van der Waals surface area contributed by atoms with Crippen LogP contribution in [0.2, 0.25) is 0 Å². The number of methoxy groups -OCH3 is 1. The second-order valence-electron chi connectivity index (χ2n) is 8.97. The fourth-order valence-corrected chi connectivity index (χ4v) is 7.64. The average molecular weight is 618 g/mol. The molecule has 0 amide bonds. The van der Waals surface area contributed by atoms with Crippen LogP contribution >= 0.6 is 11.3 Å². The van der Waals surface area contributed by atoms with E-state index < -0.39 is 37.6 Å². The van der Waals surface area contributed by atoms with E-state index in [1.165, 1.54) is 18.2 Å². The zero-order valence-electron chi connectivity index (χ0n) is 21.7. The molecule has 0 saturated carbocycles. The summed E-state index contributed by atoms with van der Waals surface area (Å²) in [6.45, 7) is 0.273. The number of fused-ring (bicyclic) bond motifs is 1. The summed E-state index contributed by atoms with van der Waals surface area (Å²) in [5.74, 6) is -1.33. The van der Waals surface area contributed by atoms with Crippen LogP contribution in [-0.4, -0.2) is 45.7 Å². The Morgan fingerprint density at radius 1 is 1.10 bits per heavy atom. The summed E-state index contributed by atoms with van der Waals surface area (Å²) in [5.41, 5.74) is 5.53. The number of halogens is 1. The van der Waals surface area contributed by atoms with Crippen molar-refractivity contribution in [3.05, 3.63) is 100 Å². The van der Waals surface area contributed by atoms with Crippen molar-refractivity contribution in [1.82, 2.24) is 25.4 Å². The molecule has 3 aromatic carbocycles. The van der Waals surface area contributed by atoms with E-state index in [4.69, 9.17) is 13.7 Å². The fourth-order valence-electron chi connectivity index (χ4n) is 4.44. The van der Waals surface area contributed by atoms with Crippen LogP contribution in [0.4, 0.5) is 4.39 Å². The molecule has 0 bridgehead atoms. The van der Waals surface area contributed by atoms with Gasteiger partial charge in [0, 0.05) is 18.9 Å². The van der Waals surface area contributed by atoms with E-state index in [0.717, 1.165) is 40.3 Å². The molecule has 15 heteroatoms. The first-order valence-electron chi connectivity index (χ1n) is 12.0. The van der Waals surface area contributed by atoms with Crippen LogP contribution in [0.3, 0.4) is 0 Å². The number of hydrogen-bond donors (Lipinski definition) is 3. The minimum absolute atomic E-state index is 0.0189. The molecule has 5 rings (SSSR count). The number of nitrogens with zero attached hydrogens (tertiary/aromatic N) is 3. The summed E-state index contributed by atoms with van der Waals surface area (Å²) >= 11 is -1.29. The van der Waals surface area contributed by atoms with Crippen LogP contribution in [-0.2, 0) is 43.7 Å². The molecule has 0 fully saturated rings. The van der Waals surface area contributed by atoms with Crippen LogP contribution in [0.1, 0.15) is 27.9 Å². The average Bonchev–Trinajstić information content (AvgIpc) is 3.57. The second-order valence-corrected chi connectivity index (χ2v) is 12.9. The molecule has 11 nitrogen and oxygen atoms in total. The summed E-state index contributed by atoms with van der Waals surface area (Å²) in [6, 6.07) is 18.8. The van der Waals surface area contributed by atoms with E-state index in [9.17, 15) is 12.6 Å². The quantitative estimate of drug-likeness (QED) is 0.148. The molecule has 0 saturated heterocycles. The minimum atomic E-state index is -4.27. The summed E-state index contributed by atoms with van der Waals surface area (Å²) in [4.78, 5) is 6.69. The van der Waals surface area contributed by atoms with E-state index in [1.807, 2.05) is 41.2 Å². The predicted octanol–water partition coefficient (Wildman–Crippen LogP) is 3.70. The van der Waals surface area contributed by atoms with Gasteiger partial charge in [0.25, 0.3) is 0 Å². The fraction of sp³-hybridized carbons (Fsp3) is 0.192. The SMILES string of the molecule is COCc1ccc(-c2ccc3nc(C(c4nnc(CNNS(=O)O)o4)(c4ccccc4F)S(C)(=O)=O)sc3c2)cc1. The van der Waals surface area contributed by atoms with Crippen molar-refractivity contribution < 1.29 is 30.7 Å². The minimum Gasteiger partial charge on any atom is -0.421 e. The Kier molecular flexibility index (Phi) is 8.37. The molecule has 2 heterocycles. The molecule has 0 aliphatic heterocycles. The molecule has 3 N–H and O–H groups in total. The summed E-state index contributed by atoms with van der Waals surface area (Å²) in [5, 5.41) is 7.89. The molecule has 0 aliphatic carbocycles. The molecule has 0 radical (unpaired) electrons. The number of nitrogens with one attached hydrogen (secondary N) is 2. The number of thiazole rings is 1. The molecule has 214 valence electrons. The number of rotatable bonds is 11. The first-order chi connectivity index (χ1) is 19.6. The maximum Gasteiger partial charge on any atom is 0.249 e. The van der Waals surface area contributed by atoms with Crippen molar-refractivity contribution in [3.8, 4) is 11.1 Å². The summed E-state index contributed by atoms with van der Waals surface area (Å²) < 4.78 is 72.0. The number of sulfone groups is 1. The topological polar surface area (TPSA) is 157 Å². The van der Waals surface area contributed by atoms with Crippen LogP contribution in [0, 0.1) is 5.82 Å². The van der Waals surface area contributed by atoms with Crippen molar-refractivity contribution in [2.24, 2.45) is 0 Å². The van der Waals surface area contributed by atoms with Gasteiger partial charge >= 0.3 is 0 Å². The number of benzene rings is 3. The number of hydrazine groups is 1. The number of hydrogen-bond acceptors (Lipinski definition) is 10. The van der Waals surface area contributed by atoms with Gasteiger partial charge in [-0.25, -0.2) is 27.4 Å². The molecule has 0 spiro atoms. The zero-order chi connectivity index (χ0) is 29.2. The highest BCUT2D eigenvalue weighted by atomic mass is 32.2. The van der Waals surface area contributed by atoms with Gasteiger partial charge < -0.3 is 9.15 Å². The van der Waals surface area contributed by atoms with Gasteiger partial charge in [0.05, 0.1) is 23.4 Å². The highest BCUT2D eigenvalue weighted by Gasteiger charge is 2.55. The normalized spacial score (nSPS) is 14.2. The van der Waals surface area contributed by atoms with Crippen LogP contribution in [0.5, 0.6) is 0 Å². The van der Waals surface area contributed by atoms with Gasteiger partial charge in [0.2, 0.25) is 27.8 Å². The first-order valence-corrected chi connectivity index (χ1v) is 15.8. The van der Waals surface area contributed by atoms with Crippen molar-refractivity contribution in [3.63, 3.8) is 0 Å². The Bertz CT molecular complexity index is 1830. The molecule has 2 aromatic heterocycles. The van der Waals surface area contributed by atoms with Gasteiger partial charge in [-0.2, -0.15) is 4.83 Å². The predicted molar refractivity (Wildman–Crippen MR) is 152 cm³/mol. The van der Waals surface area contributed by atoms with Crippen molar-refractivity contribution in [2.75, 3.05) is 13.4 Å². The Hall–Kier alpha value is -3.44. The number of aromatic nitrogens is 3. The molecule has 41 heavy (non-hydrogen) atoms. The van der Waals surface area contributed by atoms with E-state index in [2.05, 4.69) is 20.6 Å². The lowest BCUT2D eigenvalue weighted by atomic mass is 9.97. The highest BCUT2D eigenvalue weighted by molar-refractivity contribution is 7.92. The molecule has 2 unspecified atom stereocenters. The monoisotopic (exact) mass is 617 g/mol. The summed E-state index contributed by atoms with van der Waals surface area (Å²) in [7, 11) is -2.64. The lowest BCUT2D eigenvalue weighted by Crippen LogP contribution is -2.39. The van der Waals surface area contributed by atoms with E-state index in [1.54, 1.807) is 13.2 Å². The van der Waals surface area contributed by atoms with Crippen LogP contribution in [0.25, 0.3) is 21.3 Å². The smallest absolute Gasteiger partial charge is 0.249 e. The van der Waals surface area contributed by atoms with Crippen LogP contribution in [0.15, 0.2) is 71.1 Å². The van der Waals surface area contributed by atoms with Gasteiger partial charge in [0.15, 0.2) is 9.84 Å². The van der Waals surface area contributed by atoms with Crippen molar-refractivity contribution in [2.45, 2.75) is 17.9 Å². The summed E-state index contributed by atoms with van der Waals surface area (Å²) in [6.07, 6.45) is 0.955. The number of ether oxygens (including phenoxy) is 1. The third kappa shape index (κ3) is 5.70. The maximum absolute atomic E-state index is 15.4. The second kappa shape index (κ2) is 11.8. The Labute approximate surface area is 241 Å². The van der Waals surface area contributed by atoms with Gasteiger partial charge in [-0.05, 0) is 34.9 Å². The Balaban J connectivity index is 1.67. The third-order valence-electron chi connectivity index (χ3n) is 6.26. The zero-order valence-corrected chi connectivity index (χ0v) is 24.1. The Morgan fingerprint density at radius 3 is 2.51 bits per heavy atom. The van der Waals surface area contributed by atoms with Gasteiger partial charge in [-0.15, -0.1) is 21.5 Å². The lowest BCUT2D eigenvalue weighted by molar-refractivity contribution is 0.185. The molecular formula is C26H24FN5O6S3. The van der Waals surface area contributed by atoms with Gasteiger partial charge in [-0.1, -0.05) is 48.5 Å². The van der Waals surface area contributed by atoms with E-state index in [-0.39, 0.29) is 23.0 Å². The standard InChI is InChI=1S/C26H24FN5O6S3/c1-37-15-16-7-9-17(10-8-16)18-11-12-21-22(13-18)39-25(29-21)26(41(2,35)36,19-5-3-4-6-20(19)27)24-31-30-23(38-24)14-28-32-40(33)34/h3-13,28,32H,14-15H2,1-2H3,(H,33,34). The van der Waals surface area contributed by atoms with Gasteiger partial charge in [0.1, 0.15) is 10.8 Å². The van der Waals surface area contributed by atoms with Crippen molar-refractivity contribution in [1.29, 1.82) is 0 Å².